The SMILES string of the molecule is COC[C@@H](O)CSc1ncnc2sc(C)cc12. The van der Waals surface area contributed by atoms with Crippen LogP contribution in [0.4, 0.5) is 0 Å². The molecule has 1 atom stereocenters. The lowest BCUT2D eigenvalue weighted by molar-refractivity contribution is 0.0794. The first-order valence-corrected chi connectivity index (χ1v) is 7.02. The number of aromatic nitrogens is 2. The number of rotatable bonds is 5. The third-order valence-electron chi connectivity index (χ3n) is 2.19. The molecule has 0 bridgehead atoms. The molecule has 0 amide bonds. The molecule has 0 fully saturated rings. The first-order valence-electron chi connectivity index (χ1n) is 5.21. The lowest BCUT2D eigenvalue weighted by Gasteiger charge is -2.08. The van der Waals surface area contributed by atoms with Crippen molar-refractivity contribution in [2.75, 3.05) is 19.5 Å². The van der Waals surface area contributed by atoms with E-state index in [0.29, 0.717) is 12.4 Å². The van der Waals surface area contributed by atoms with Gasteiger partial charge < -0.3 is 9.84 Å². The highest BCUT2D eigenvalue weighted by molar-refractivity contribution is 7.99. The normalized spacial score (nSPS) is 13.1. The van der Waals surface area contributed by atoms with Gasteiger partial charge in [0, 0.05) is 23.1 Å². The molecule has 0 radical (unpaired) electrons. The van der Waals surface area contributed by atoms with Gasteiger partial charge in [-0.05, 0) is 13.0 Å². The highest BCUT2D eigenvalue weighted by Crippen LogP contribution is 2.30. The molecule has 17 heavy (non-hydrogen) atoms. The van der Waals surface area contributed by atoms with Crippen molar-refractivity contribution in [2.45, 2.75) is 18.1 Å². The van der Waals surface area contributed by atoms with Crippen LogP contribution in [-0.2, 0) is 4.74 Å². The number of thiophene rings is 1. The Balaban J connectivity index is 2.12. The number of nitrogens with zero attached hydrogens (tertiary/aromatic N) is 2. The zero-order valence-corrected chi connectivity index (χ0v) is 11.3. The van der Waals surface area contributed by atoms with E-state index in [1.165, 1.54) is 16.6 Å². The zero-order valence-electron chi connectivity index (χ0n) is 9.71. The van der Waals surface area contributed by atoms with E-state index in [-0.39, 0.29) is 0 Å². The van der Waals surface area contributed by atoms with E-state index in [9.17, 15) is 5.11 Å². The fraction of sp³-hybridized carbons (Fsp3) is 0.455. The summed E-state index contributed by atoms with van der Waals surface area (Å²) in [7, 11) is 1.58. The first-order chi connectivity index (χ1) is 8.20. The maximum absolute atomic E-state index is 9.60. The number of hydrogen-bond acceptors (Lipinski definition) is 6. The molecule has 0 aliphatic carbocycles. The van der Waals surface area contributed by atoms with Crippen LogP contribution in [0.5, 0.6) is 0 Å². The average molecular weight is 270 g/mol. The molecule has 0 spiro atoms. The molecule has 92 valence electrons. The molecule has 2 rings (SSSR count). The fourth-order valence-electron chi connectivity index (χ4n) is 1.48. The predicted molar refractivity (Wildman–Crippen MR) is 70.8 cm³/mol. The molecule has 2 aromatic heterocycles. The number of thioether (sulfide) groups is 1. The number of aryl methyl sites for hydroxylation is 1. The highest BCUT2D eigenvalue weighted by Gasteiger charge is 2.10. The van der Waals surface area contributed by atoms with Gasteiger partial charge in [-0.25, -0.2) is 9.97 Å². The topological polar surface area (TPSA) is 55.2 Å². The van der Waals surface area contributed by atoms with Gasteiger partial charge in [0.25, 0.3) is 0 Å². The highest BCUT2D eigenvalue weighted by atomic mass is 32.2. The van der Waals surface area contributed by atoms with Crippen molar-refractivity contribution < 1.29 is 9.84 Å². The monoisotopic (exact) mass is 270 g/mol. The Morgan fingerprint density at radius 1 is 1.53 bits per heavy atom. The van der Waals surface area contributed by atoms with Gasteiger partial charge in [-0.2, -0.15) is 0 Å². The van der Waals surface area contributed by atoms with Gasteiger partial charge in [0.15, 0.2) is 0 Å². The van der Waals surface area contributed by atoms with E-state index < -0.39 is 6.10 Å². The minimum absolute atomic E-state index is 0.351. The fourth-order valence-corrected chi connectivity index (χ4v) is 3.28. The smallest absolute Gasteiger partial charge is 0.128 e. The van der Waals surface area contributed by atoms with Gasteiger partial charge in [-0.1, -0.05) is 0 Å². The van der Waals surface area contributed by atoms with Crippen molar-refractivity contribution in [1.29, 1.82) is 0 Å². The summed E-state index contributed by atoms with van der Waals surface area (Å²) in [4.78, 5) is 10.7. The third-order valence-corrected chi connectivity index (χ3v) is 4.30. The van der Waals surface area contributed by atoms with Crippen LogP contribution in [0.2, 0.25) is 0 Å². The molecule has 0 saturated carbocycles. The van der Waals surface area contributed by atoms with Crippen LogP contribution in [-0.4, -0.2) is 40.6 Å². The van der Waals surface area contributed by atoms with Gasteiger partial charge in [-0.3, -0.25) is 0 Å². The second-order valence-electron chi connectivity index (χ2n) is 3.67. The van der Waals surface area contributed by atoms with Crippen molar-refractivity contribution in [3.8, 4) is 0 Å². The average Bonchev–Trinajstić information content (AvgIpc) is 2.67. The van der Waals surface area contributed by atoms with E-state index in [1.54, 1.807) is 24.8 Å². The molecular weight excluding hydrogens is 256 g/mol. The van der Waals surface area contributed by atoms with Gasteiger partial charge in [0.2, 0.25) is 0 Å². The maximum Gasteiger partial charge on any atom is 0.128 e. The standard InChI is InChI=1S/C11H14N2O2S2/c1-7-3-9-10(12-6-13-11(9)17-7)16-5-8(14)4-15-2/h3,6,8,14H,4-5H2,1-2H3/t8-/m1/s1. The van der Waals surface area contributed by atoms with Crippen LogP contribution in [0.3, 0.4) is 0 Å². The third kappa shape index (κ3) is 3.16. The Morgan fingerprint density at radius 2 is 2.35 bits per heavy atom. The van der Waals surface area contributed by atoms with E-state index in [0.717, 1.165) is 15.2 Å². The number of aliphatic hydroxyl groups is 1. The molecule has 2 aromatic rings. The second kappa shape index (κ2) is 5.77. The molecule has 1 N–H and O–H groups in total. The Morgan fingerprint density at radius 3 is 3.12 bits per heavy atom. The molecule has 0 saturated heterocycles. The minimum Gasteiger partial charge on any atom is -0.390 e. The van der Waals surface area contributed by atoms with Crippen molar-refractivity contribution in [3.05, 3.63) is 17.3 Å². The molecule has 0 aromatic carbocycles. The van der Waals surface area contributed by atoms with Crippen LogP contribution >= 0.6 is 23.1 Å². The van der Waals surface area contributed by atoms with Crippen LogP contribution in [0.25, 0.3) is 10.2 Å². The maximum atomic E-state index is 9.60. The quantitative estimate of drug-likeness (QED) is 0.666. The van der Waals surface area contributed by atoms with Crippen LogP contribution in [0, 0.1) is 6.92 Å². The molecule has 6 heteroatoms. The predicted octanol–water partition coefficient (Wildman–Crippen LogP) is 2.10. The molecular formula is C11H14N2O2S2. The molecule has 2 heterocycles. The van der Waals surface area contributed by atoms with Crippen LogP contribution in [0.15, 0.2) is 17.4 Å². The van der Waals surface area contributed by atoms with Gasteiger partial charge in [0.1, 0.15) is 16.2 Å². The van der Waals surface area contributed by atoms with Gasteiger partial charge in [-0.15, -0.1) is 23.1 Å². The summed E-state index contributed by atoms with van der Waals surface area (Å²) >= 11 is 3.20. The Labute approximate surface area is 108 Å². The van der Waals surface area contributed by atoms with Crippen molar-refractivity contribution in [1.82, 2.24) is 9.97 Å². The minimum atomic E-state index is -0.463. The van der Waals surface area contributed by atoms with Gasteiger partial charge in [0.05, 0.1) is 12.7 Å². The summed E-state index contributed by atoms with van der Waals surface area (Å²) in [6, 6.07) is 2.09. The summed E-state index contributed by atoms with van der Waals surface area (Å²) in [5.74, 6) is 0.578. The summed E-state index contributed by atoms with van der Waals surface area (Å²) in [6.07, 6.45) is 1.11. The molecule has 0 aliphatic heterocycles. The van der Waals surface area contributed by atoms with Crippen LogP contribution < -0.4 is 0 Å². The summed E-state index contributed by atoms with van der Waals surface area (Å²) < 4.78 is 4.89. The summed E-state index contributed by atoms with van der Waals surface area (Å²) in [5.41, 5.74) is 0. The number of methoxy groups -OCH3 is 1. The number of fused-ring (bicyclic) bond motifs is 1. The molecule has 4 nitrogen and oxygen atoms in total. The summed E-state index contributed by atoms with van der Waals surface area (Å²) in [5, 5.41) is 11.6. The van der Waals surface area contributed by atoms with E-state index in [1.807, 2.05) is 0 Å². The Kier molecular flexibility index (Phi) is 4.33. The summed E-state index contributed by atoms with van der Waals surface area (Å²) in [6.45, 7) is 2.41. The van der Waals surface area contributed by atoms with E-state index in [4.69, 9.17) is 4.74 Å². The molecule has 0 unspecified atom stereocenters. The van der Waals surface area contributed by atoms with Crippen LogP contribution in [0.1, 0.15) is 4.88 Å². The van der Waals surface area contributed by atoms with Crippen molar-refractivity contribution >= 4 is 33.3 Å². The lowest BCUT2D eigenvalue weighted by atomic mass is 10.4. The lowest BCUT2D eigenvalue weighted by Crippen LogP contribution is -2.16. The largest absolute Gasteiger partial charge is 0.390 e. The van der Waals surface area contributed by atoms with E-state index in [2.05, 4.69) is 23.0 Å². The Bertz CT molecular complexity index is 501. The number of ether oxygens (including phenoxy) is 1. The van der Waals surface area contributed by atoms with E-state index >= 15 is 0 Å². The number of hydrogen-bond donors (Lipinski definition) is 1. The Hall–Kier alpha value is -0.690. The second-order valence-corrected chi connectivity index (χ2v) is 5.92. The van der Waals surface area contributed by atoms with Crippen molar-refractivity contribution in [3.63, 3.8) is 0 Å². The van der Waals surface area contributed by atoms with Crippen molar-refractivity contribution in [2.24, 2.45) is 0 Å². The first kappa shape index (κ1) is 12.8. The zero-order chi connectivity index (χ0) is 12.3. The number of aliphatic hydroxyl groups excluding tert-OH is 1. The van der Waals surface area contributed by atoms with Gasteiger partial charge >= 0.3 is 0 Å². The molecule has 0 aliphatic rings.